The number of unbranched alkanes of at least 4 members (excludes halogenated alkanes) is 2. The van der Waals surface area contributed by atoms with Crippen molar-refractivity contribution in [1.82, 2.24) is 0 Å². The Balaban J connectivity index is 2.22. The van der Waals surface area contributed by atoms with E-state index in [2.05, 4.69) is 13.8 Å². The van der Waals surface area contributed by atoms with Crippen LogP contribution in [0.5, 0.6) is 5.75 Å². The van der Waals surface area contributed by atoms with Crippen molar-refractivity contribution in [2.45, 2.75) is 57.3 Å². The van der Waals surface area contributed by atoms with E-state index in [-0.39, 0.29) is 10.6 Å². The lowest BCUT2D eigenvalue weighted by Crippen LogP contribution is -2.38. The summed E-state index contributed by atoms with van der Waals surface area (Å²) in [4.78, 5) is 1.93. The largest absolute Gasteiger partial charge is 0.505 e. The summed E-state index contributed by atoms with van der Waals surface area (Å²) in [5, 5.41) is 9.91. The molecule has 0 radical (unpaired) electrons. The highest BCUT2D eigenvalue weighted by Crippen LogP contribution is 2.46. The number of nitrogens with zero attached hydrogens (tertiary/aromatic N) is 1. The van der Waals surface area contributed by atoms with Crippen molar-refractivity contribution >= 4 is 21.2 Å². The van der Waals surface area contributed by atoms with Crippen molar-refractivity contribution in [3.05, 3.63) is 48.3 Å². The number of sulfone groups is 1. The van der Waals surface area contributed by atoms with Crippen LogP contribution in [0.3, 0.4) is 0 Å². The van der Waals surface area contributed by atoms with Crippen LogP contribution in [0.25, 0.3) is 0 Å². The summed E-state index contributed by atoms with van der Waals surface area (Å²) in [7, 11) is -3.70. The smallest absolute Gasteiger partial charge is 0.181 e. The first-order valence-electron chi connectivity index (χ1n) is 10.4. The van der Waals surface area contributed by atoms with Crippen LogP contribution in [0.4, 0.5) is 15.8 Å². The van der Waals surface area contributed by atoms with Gasteiger partial charge in [0, 0.05) is 29.8 Å². The molecule has 0 bridgehead atoms. The van der Waals surface area contributed by atoms with Gasteiger partial charge in [0.05, 0.1) is 16.3 Å². The van der Waals surface area contributed by atoms with Gasteiger partial charge in [0.25, 0.3) is 0 Å². The Labute approximate surface area is 173 Å². The van der Waals surface area contributed by atoms with E-state index in [9.17, 15) is 17.9 Å². The van der Waals surface area contributed by atoms with Crippen molar-refractivity contribution in [3.8, 4) is 5.75 Å². The fraction of sp³-hybridized carbons (Fsp3) is 0.478. The summed E-state index contributed by atoms with van der Waals surface area (Å²) in [5.74, 6) is -1.43. The number of fused-ring (bicyclic) bond motifs is 1. The fourth-order valence-corrected chi connectivity index (χ4v) is 6.43. The second kappa shape index (κ2) is 8.74. The molecule has 3 rings (SSSR count). The Morgan fingerprint density at radius 3 is 2.28 bits per heavy atom. The summed E-state index contributed by atoms with van der Waals surface area (Å²) in [6.07, 6.45) is 5.46. The third-order valence-electron chi connectivity index (χ3n) is 5.83. The van der Waals surface area contributed by atoms with Gasteiger partial charge in [-0.2, -0.15) is 0 Å². The minimum Gasteiger partial charge on any atom is -0.505 e. The van der Waals surface area contributed by atoms with Gasteiger partial charge < -0.3 is 10.0 Å². The topological polar surface area (TPSA) is 57.6 Å². The van der Waals surface area contributed by atoms with E-state index in [1.807, 2.05) is 35.2 Å². The molecule has 0 saturated heterocycles. The zero-order valence-electron chi connectivity index (χ0n) is 17.2. The highest BCUT2D eigenvalue weighted by Gasteiger charge is 2.42. The van der Waals surface area contributed by atoms with Gasteiger partial charge in [0.15, 0.2) is 21.4 Å². The average Bonchev–Trinajstić information content (AvgIpc) is 2.79. The number of phenols is 1. The molecule has 0 atom stereocenters. The van der Waals surface area contributed by atoms with Crippen molar-refractivity contribution in [3.63, 3.8) is 0 Å². The predicted molar refractivity (Wildman–Crippen MR) is 115 cm³/mol. The molecule has 4 nitrogen and oxygen atoms in total. The van der Waals surface area contributed by atoms with Gasteiger partial charge in [-0.3, -0.25) is 0 Å². The summed E-state index contributed by atoms with van der Waals surface area (Å²) < 4.78 is 41.1. The van der Waals surface area contributed by atoms with E-state index in [1.165, 1.54) is 0 Å². The van der Waals surface area contributed by atoms with Gasteiger partial charge in [-0.05, 0) is 25.0 Å². The van der Waals surface area contributed by atoms with Crippen LogP contribution in [0.1, 0.15) is 52.4 Å². The first kappa shape index (κ1) is 21.6. The van der Waals surface area contributed by atoms with Crippen molar-refractivity contribution in [2.24, 2.45) is 5.41 Å². The number of rotatable bonds is 7. The zero-order chi connectivity index (χ0) is 21.1. The average molecular weight is 420 g/mol. The van der Waals surface area contributed by atoms with E-state index in [0.717, 1.165) is 56.3 Å². The monoisotopic (exact) mass is 419 g/mol. The molecule has 1 aliphatic rings. The van der Waals surface area contributed by atoms with Crippen LogP contribution >= 0.6 is 0 Å². The molecule has 0 saturated carbocycles. The molecule has 158 valence electrons. The molecule has 0 spiro atoms. The molecular weight excluding hydrogens is 389 g/mol. The van der Waals surface area contributed by atoms with Gasteiger partial charge in [-0.1, -0.05) is 57.7 Å². The minimum atomic E-state index is -3.70. The van der Waals surface area contributed by atoms with E-state index in [4.69, 9.17) is 0 Å². The zero-order valence-corrected chi connectivity index (χ0v) is 18.0. The van der Waals surface area contributed by atoms with Crippen molar-refractivity contribution in [2.75, 3.05) is 17.2 Å². The molecule has 0 amide bonds. The van der Waals surface area contributed by atoms with Crippen molar-refractivity contribution in [1.29, 1.82) is 0 Å². The maximum atomic E-state index is 14.3. The van der Waals surface area contributed by atoms with Crippen LogP contribution in [0.15, 0.2) is 47.4 Å². The van der Waals surface area contributed by atoms with E-state index in [1.54, 1.807) is 0 Å². The summed E-state index contributed by atoms with van der Waals surface area (Å²) >= 11 is 0. The van der Waals surface area contributed by atoms with Gasteiger partial charge >= 0.3 is 0 Å². The number of hydrogen-bond donors (Lipinski definition) is 1. The number of benzene rings is 2. The normalized spacial score (nSPS) is 17.6. The molecule has 6 heteroatoms. The fourth-order valence-electron chi connectivity index (χ4n) is 4.31. The number of phenolic OH excluding ortho intramolecular Hbond substituents is 1. The molecule has 1 aliphatic heterocycles. The lowest BCUT2D eigenvalue weighted by atomic mass is 9.79. The third-order valence-corrected chi connectivity index (χ3v) is 7.82. The summed E-state index contributed by atoms with van der Waals surface area (Å²) in [6.45, 7) is 4.72. The second-order valence-corrected chi connectivity index (χ2v) is 10.1. The van der Waals surface area contributed by atoms with E-state index in [0.29, 0.717) is 12.2 Å². The Morgan fingerprint density at radius 1 is 1.07 bits per heavy atom. The molecule has 1 N–H and O–H groups in total. The maximum Gasteiger partial charge on any atom is 0.181 e. The molecule has 29 heavy (non-hydrogen) atoms. The molecule has 1 heterocycles. The highest BCUT2D eigenvalue weighted by molar-refractivity contribution is 7.91. The third kappa shape index (κ3) is 4.58. The van der Waals surface area contributed by atoms with Gasteiger partial charge in [-0.15, -0.1) is 0 Å². The standard InChI is InChI=1S/C23H30FNO3S/c1-3-5-12-23(13-6-4-2)16-25(18-10-8-7-9-11-18)20-14-19(24)21(26)15-22(20)29(27,28)17-23/h7-11,14-15,26H,3-6,12-13,16-17H2,1-2H3. The summed E-state index contributed by atoms with van der Waals surface area (Å²) in [5.41, 5.74) is 0.709. The minimum absolute atomic E-state index is 0.00938. The van der Waals surface area contributed by atoms with Crippen LogP contribution in [-0.2, 0) is 9.84 Å². The van der Waals surface area contributed by atoms with E-state index >= 15 is 0 Å². The van der Waals surface area contributed by atoms with Crippen molar-refractivity contribution < 1.29 is 17.9 Å². The molecule has 0 fully saturated rings. The Kier molecular flexibility index (Phi) is 6.52. The maximum absolute atomic E-state index is 14.3. The first-order chi connectivity index (χ1) is 13.8. The quantitative estimate of drug-likeness (QED) is 0.574. The Bertz CT molecular complexity index is 936. The van der Waals surface area contributed by atoms with Crippen LogP contribution in [-0.4, -0.2) is 25.8 Å². The van der Waals surface area contributed by atoms with Crippen LogP contribution in [0.2, 0.25) is 0 Å². The van der Waals surface area contributed by atoms with Crippen LogP contribution < -0.4 is 4.90 Å². The molecule has 0 aromatic heterocycles. The first-order valence-corrected chi connectivity index (χ1v) is 12.0. The second-order valence-electron chi connectivity index (χ2n) is 8.16. The number of para-hydroxylation sites is 1. The van der Waals surface area contributed by atoms with E-state index < -0.39 is 26.8 Å². The van der Waals surface area contributed by atoms with Gasteiger partial charge in [0.2, 0.25) is 0 Å². The molecular formula is C23H30FNO3S. The van der Waals surface area contributed by atoms with Crippen LogP contribution in [0, 0.1) is 11.2 Å². The Morgan fingerprint density at radius 2 is 1.69 bits per heavy atom. The number of halogens is 1. The number of anilines is 2. The van der Waals surface area contributed by atoms with Gasteiger partial charge in [0.1, 0.15) is 0 Å². The van der Waals surface area contributed by atoms with Gasteiger partial charge in [-0.25, -0.2) is 12.8 Å². The Hall–Kier alpha value is -2.08. The molecule has 2 aromatic carbocycles. The molecule has 2 aromatic rings. The molecule has 0 aliphatic carbocycles. The number of hydrogen-bond acceptors (Lipinski definition) is 4. The highest BCUT2D eigenvalue weighted by atomic mass is 32.2. The molecule has 0 unspecified atom stereocenters. The lowest BCUT2D eigenvalue weighted by molar-refractivity contribution is 0.270. The lowest BCUT2D eigenvalue weighted by Gasteiger charge is -2.37. The SMILES string of the molecule is CCCCC1(CCCC)CN(c2ccccc2)c2cc(F)c(O)cc2S(=O)(=O)C1. The predicted octanol–water partition coefficient (Wildman–Crippen LogP) is 5.82. The number of aromatic hydroxyl groups is 1. The summed E-state index contributed by atoms with van der Waals surface area (Å²) in [6, 6.07) is 11.7.